The van der Waals surface area contributed by atoms with Crippen LogP contribution in [0.1, 0.15) is 36.7 Å². The fraction of sp³-hybridized carbons (Fsp3) is 0.562. The highest BCUT2D eigenvalue weighted by atomic mass is 79.9. The Balaban J connectivity index is 3.41. The predicted molar refractivity (Wildman–Crippen MR) is 94.8 cm³/mol. The highest BCUT2D eigenvalue weighted by molar-refractivity contribution is 9.08. The molecule has 1 aromatic rings. The molecule has 0 N–H and O–H groups in total. The van der Waals surface area contributed by atoms with Crippen LogP contribution in [0, 0.1) is 0 Å². The van der Waals surface area contributed by atoms with Crippen LogP contribution in [0.15, 0.2) is 12.1 Å². The van der Waals surface area contributed by atoms with Crippen molar-refractivity contribution in [2.24, 2.45) is 0 Å². The Labute approximate surface area is 142 Å². The van der Waals surface area contributed by atoms with Crippen molar-refractivity contribution >= 4 is 30.2 Å². The van der Waals surface area contributed by atoms with Crippen LogP contribution >= 0.6 is 15.9 Å². The molecule has 0 aliphatic rings. The monoisotopic (exact) mass is 388 g/mol. The van der Waals surface area contributed by atoms with Gasteiger partial charge in [-0.1, -0.05) is 36.7 Å². The summed E-state index contributed by atoms with van der Waals surface area (Å²) in [4.78, 5) is 11.9. The van der Waals surface area contributed by atoms with E-state index >= 15 is 0 Å². The molecule has 124 valence electrons. The summed E-state index contributed by atoms with van der Waals surface area (Å²) < 4.78 is 16.6. The van der Waals surface area contributed by atoms with Gasteiger partial charge in [0.1, 0.15) is 11.5 Å². The smallest absolute Gasteiger partial charge is 0.338 e. The Morgan fingerprint density at radius 1 is 1.18 bits per heavy atom. The van der Waals surface area contributed by atoms with Gasteiger partial charge in [0.15, 0.2) is 0 Å². The normalized spacial score (nSPS) is 12.0. The third kappa shape index (κ3) is 4.04. The summed E-state index contributed by atoms with van der Waals surface area (Å²) >= 11 is 3.48. The molecule has 1 rings (SSSR count). The molecule has 0 spiro atoms. The van der Waals surface area contributed by atoms with E-state index in [-0.39, 0.29) is 5.04 Å². The Hall–Kier alpha value is -1.01. The number of benzene rings is 1. The first kappa shape index (κ1) is 19.0. The van der Waals surface area contributed by atoms with E-state index in [9.17, 15) is 4.79 Å². The molecular weight excluding hydrogens is 364 g/mol. The van der Waals surface area contributed by atoms with Crippen LogP contribution in [0.3, 0.4) is 0 Å². The number of carbonyl (C=O) groups excluding carboxylic acids is 1. The Kier molecular flexibility index (Phi) is 6.09. The van der Waals surface area contributed by atoms with Crippen LogP contribution < -0.4 is 9.16 Å². The van der Waals surface area contributed by atoms with Gasteiger partial charge < -0.3 is 13.9 Å². The van der Waals surface area contributed by atoms with E-state index in [2.05, 4.69) is 49.8 Å². The molecule has 0 heterocycles. The second-order valence-corrected chi connectivity index (χ2v) is 11.9. The lowest BCUT2D eigenvalue weighted by molar-refractivity contribution is 0.0600. The standard InChI is InChI=1S/C16H25BrO4Si/c1-16(2,3)22(6,7)21-14-9-11(15(18)20-5)8-13(19-4)12(14)10-17/h8-9H,10H2,1-7H3. The lowest BCUT2D eigenvalue weighted by atomic mass is 10.1. The molecule has 0 bridgehead atoms. The number of ether oxygens (including phenoxy) is 2. The second-order valence-electron chi connectivity index (χ2n) is 6.64. The molecule has 0 saturated heterocycles. The summed E-state index contributed by atoms with van der Waals surface area (Å²) in [5.74, 6) is 0.899. The first-order valence-electron chi connectivity index (χ1n) is 7.11. The lowest BCUT2D eigenvalue weighted by Gasteiger charge is -2.37. The Bertz CT molecular complexity index is 550. The molecule has 4 nitrogen and oxygen atoms in total. The van der Waals surface area contributed by atoms with E-state index in [1.807, 2.05) is 0 Å². The first-order chi connectivity index (χ1) is 10.1. The van der Waals surface area contributed by atoms with Gasteiger partial charge in [0, 0.05) is 10.9 Å². The zero-order chi connectivity index (χ0) is 17.1. The van der Waals surface area contributed by atoms with Gasteiger partial charge in [-0.15, -0.1) is 0 Å². The van der Waals surface area contributed by atoms with Gasteiger partial charge in [0.05, 0.1) is 19.8 Å². The minimum absolute atomic E-state index is 0.0606. The van der Waals surface area contributed by atoms with Gasteiger partial charge in [0.25, 0.3) is 0 Å². The molecule has 22 heavy (non-hydrogen) atoms. The summed E-state index contributed by atoms with van der Waals surface area (Å²) in [6.07, 6.45) is 0. The van der Waals surface area contributed by atoms with E-state index in [1.165, 1.54) is 7.11 Å². The molecular formula is C16H25BrO4Si. The van der Waals surface area contributed by atoms with Crippen LogP contribution in [-0.2, 0) is 10.1 Å². The largest absolute Gasteiger partial charge is 0.543 e. The number of carbonyl (C=O) groups is 1. The van der Waals surface area contributed by atoms with Crippen molar-refractivity contribution < 1.29 is 18.7 Å². The summed E-state index contributed by atoms with van der Waals surface area (Å²) in [5, 5.41) is 0.646. The zero-order valence-electron chi connectivity index (χ0n) is 14.4. The summed E-state index contributed by atoms with van der Waals surface area (Å²) in [6.45, 7) is 10.9. The van der Waals surface area contributed by atoms with Gasteiger partial charge in [-0.3, -0.25) is 0 Å². The fourth-order valence-corrected chi connectivity index (χ4v) is 3.28. The van der Waals surface area contributed by atoms with Crippen LogP contribution in [-0.4, -0.2) is 28.5 Å². The third-order valence-electron chi connectivity index (χ3n) is 4.11. The van der Waals surface area contributed by atoms with Crippen molar-refractivity contribution in [1.29, 1.82) is 0 Å². The van der Waals surface area contributed by atoms with Crippen molar-refractivity contribution in [3.63, 3.8) is 0 Å². The predicted octanol–water partition coefficient (Wildman–Crippen LogP) is 4.76. The lowest BCUT2D eigenvalue weighted by Crippen LogP contribution is -2.44. The fourth-order valence-electron chi connectivity index (χ4n) is 1.69. The average molecular weight is 389 g/mol. The highest BCUT2D eigenvalue weighted by Gasteiger charge is 2.39. The van der Waals surface area contributed by atoms with Crippen LogP contribution in [0.4, 0.5) is 0 Å². The number of hydrogen-bond donors (Lipinski definition) is 0. The van der Waals surface area contributed by atoms with E-state index < -0.39 is 14.3 Å². The Morgan fingerprint density at radius 2 is 1.73 bits per heavy atom. The van der Waals surface area contributed by atoms with E-state index in [0.29, 0.717) is 22.4 Å². The number of halogens is 1. The maximum Gasteiger partial charge on any atom is 0.338 e. The van der Waals surface area contributed by atoms with Crippen molar-refractivity contribution in [2.75, 3.05) is 14.2 Å². The molecule has 0 amide bonds. The molecule has 0 unspecified atom stereocenters. The summed E-state index contributed by atoms with van der Waals surface area (Å²) in [7, 11) is 0.919. The molecule has 0 aliphatic carbocycles. The van der Waals surface area contributed by atoms with Crippen molar-refractivity contribution in [2.45, 2.75) is 44.2 Å². The molecule has 0 aromatic heterocycles. The minimum atomic E-state index is -2.03. The number of hydrogen-bond acceptors (Lipinski definition) is 4. The number of methoxy groups -OCH3 is 2. The van der Waals surface area contributed by atoms with Gasteiger partial charge in [-0.05, 0) is 30.3 Å². The third-order valence-corrected chi connectivity index (χ3v) is 9.02. The van der Waals surface area contributed by atoms with Crippen LogP contribution in [0.2, 0.25) is 18.1 Å². The summed E-state index contributed by atoms with van der Waals surface area (Å²) in [5.41, 5.74) is 1.33. The average Bonchev–Trinajstić information content (AvgIpc) is 2.43. The van der Waals surface area contributed by atoms with Crippen molar-refractivity contribution in [1.82, 2.24) is 0 Å². The van der Waals surface area contributed by atoms with Gasteiger partial charge in [-0.25, -0.2) is 4.79 Å². The number of alkyl halides is 1. The van der Waals surface area contributed by atoms with Gasteiger partial charge >= 0.3 is 5.97 Å². The maximum absolute atomic E-state index is 11.9. The minimum Gasteiger partial charge on any atom is -0.543 e. The van der Waals surface area contributed by atoms with Gasteiger partial charge in [-0.2, -0.15) is 0 Å². The molecule has 0 saturated carbocycles. The molecule has 6 heteroatoms. The second kappa shape index (κ2) is 7.04. The van der Waals surface area contributed by atoms with E-state index in [1.54, 1.807) is 19.2 Å². The maximum atomic E-state index is 11.9. The van der Waals surface area contributed by atoms with Crippen molar-refractivity contribution in [3.05, 3.63) is 23.3 Å². The van der Waals surface area contributed by atoms with E-state index in [4.69, 9.17) is 13.9 Å². The molecule has 0 radical (unpaired) electrons. The molecule has 0 aliphatic heterocycles. The van der Waals surface area contributed by atoms with E-state index in [0.717, 1.165) is 5.56 Å². The summed E-state index contributed by atoms with van der Waals surface area (Å²) in [6, 6.07) is 3.42. The number of rotatable bonds is 5. The van der Waals surface area contributed by atoms with Gasteiger partial charge in [0.2, 0.25) is 8.32 Å². The zero-order valence-corrected chi connectivity index (χ0v) is 17.0. The quantitative estimate of drug-likeness (QED) is 0.414. The van der Waals surface area contributed by atoms with Crippen LogP contribution in [0.5, 0.6) is 11.5 Å². The first-order valence-corrected chi connectivity index (χ1v) is 11.1. The van der Waals surface area contributed by atoms with Crippen LogP contribution in [0.25, 0.3) is 0 Å². The molecule has 1 aromatic carbocycles. The SMILES string of the molecule is COC(=O)c1cc(OC)c(CBr)c(O[Si](C)(C)C(C)(C)C)c1. The Morgan fingerprint density at radius 3 is 2.14 bits per heavy atom. The molecule has 0 atom stereocenters. The molecule has 0 fully saturated rings. The van der Waals surface area contributed by atoms with Crippen molar-refractivity contribution in [3.8, 4) is 11.5 Å². The topological polar surface area (TPSA) is 44.8 Å². The number of esters is 1. The highest BCUT2D eigenvalue weighted by Crippen LogP contribution is 2.41.